The van der Waals surface area contributed by atoms with Crippen LogP contribution in [-0.4, -0.2) is 22.4 Å². The van der Waals surface area contributed by atoms with Crippen molar-refractivity contribution in [2.24, 2.45) is 0 Å². The molecule has 0 bridgehead atoms. The molecule has 0 saturated carbocycles. The van der Waals surface area contributed by atoms with Gasteiger partial charge in [-0.05, 0) is 17.2 Å². The lowest BCUT2D eigenvalue weighted by molar-refractivity contribution is -0.0132. The maximum atomic E-state index is 11.0. The van der Waals surface area contributed by atoms with Gasteiger partial charge in [0, 0.05) is 12.0 Å². The predicted molar refractivity (Wildman–Crippen MR) is 90.8 cm³/mol. The first-order chi connectivity index (χ1) is 11.2. The summed E-state index contributed by atoms with van der Waals surface area (Å²) < 4.78 is 5.73. The second kappa shape index (κ2) is 6.82. The van der Waals surface area contributed by atoms with E-state index in [2.05, 4.69) is 0 Å². The van der Waals surface area contributed by atoms with Gasteiger partial charge in [-0.2, -0.15) is 0 Å². The summed E-state index contributed by atoms with van der Waals surface area (Å²) in [4.78, 5) is 0. The minimum absolute atomic E-state index is 0.0910. The first-order valence-electron chi connectivity index (χ1n) is 7.69. The molecule has 0 spiro atoms. The maximum Gasteiger partial charge on any atom is 0.122 e. The number of aliphatic hydroxyl groups excluding tert-OH is 1. The van der Waals surface area contributed by atoms with Gasteiger partial charge in [-0.3, -0.25) is 0 Å². The van der Waals surface area contributed by atoms with Crippen molar-refractivity contribution in [2.75, 3.05) is 6.61 Å². The summed E-state index contributed by atoms with van der Waals surface area (Å²) in [6.45, 7) is 0.552. The molecule has 3 rings (SSSR count). The van der Waals surface area contributed by atoms with Crippen molar-refractivity contribution < 1.29 is 14.9 Å². The summed E-state index contributed by atoms with van der Waals surface area (Å²) >= 11 is 0. The Kier molecular flexibility index (Phi) is 4.60. The molecule has 1 atom stereocenters. The number of ether oxygens (including phenoxy) is 1. The molecule has 1 unspecified atom stereocenters. The van der Waals surface area contributed by atoms with E-state index in [-0.39, 0.29) is 12.4 Å². The zero-order chi connectivity index (χ0) is 16.1. The fourth-order valence-electron chi connectivity index (χ4n) is 2.85. The summed E-state index contributed by atoms with van der Waals surface area (Å²) in [5.74, 6) is 0.0910. The summed E-state index contributed by atoms with van der Waals surface area (Å²) in [5.41, 5.74) is 1.15. The highest BCUT2D eigenvalue weighted by Gasteiger charge is 2.36. The Bertz CT molecular complexity index is 704. The number of rotatable bonds is 5. The SMILES string of the molecule is OC1=C(c2ccccc2)C(O)(COCc2ccccc2)CC=C1. The average molecular weight is 308 g/mol. The Hall–Kier alpha value is -2.36. The Morgan fingerprint density at radius 3 is 2.30 bits per heavy atom. The molecule has 0 aliphatic heterocycles. The van der Waals surface area contributed by atoms with Crippen LogP contribution in [0.3, 0.4) is 0 Å². The first-order valence-corrected chi connectivity index (χ1v) is 7.69. The Labute approximate surface area is 136 Å². The normalized spacial score (nSPS) is 20.7. The van der Waals surface area contributed by atoms with Crippen LogP contribution in [0.1, 0.15) is 17.5 Å². The molecule has 2 N–H and O–H groups in total. The highest BCUT2D eigenvalue weighted by atomic mass is 16.5. The molecule has 23 heavy (non-hydrogen) atoms. The third-order valence-corrected chi connectivity index (χ3v) is 3.97. The van der Waals surface area contributed by atoms with Gasteiger partial charge in [-0.1, -0.05) is 66.7 Å². The topological polar surface area (TPSA) is 49.7 Å². The van der Waals surface area contributed by atoms with E-state index in [1.807, 2.05) is 60.7 Å². The van der Waals surface area contributed by atoms with Crippen LogP contribution in [0.2, 0.25) is 0 Å². The quantitative estimate of drug-likeness (QED) is 0.881. The van der Waals surface area contributed by atoms with Gasteiger partial charge in [0.15, 0.2) is 0 Å². The molecular formula is C20H20O3. The van der Waals surface area contributed by atoms with Gasteiger partial charge in [0.2, 0.25) is 0 Å². The molecule has 2 aromatic rings. The lowest BCUT2D eigenvalue weighted by Crippen LogP contribution is -2.37. The van der Waals surface area contributed by atoms with E-state index >= 15 is 0 Å². The van der Waals surface area contributed by atoms with Gasteiger partial charge in [0.25, 0.3) is 0 Å². The van der Waals surface area contributed by atoms with Crippen molar-refractivity contribution in [3.8, 4) is 0 Å². The molecule has 0 fully saturated rings. The van der Waals surface area contributed by atoms with Gasteiger partial charge in [-0.15, -0.1) is 0 Å². The van der Waals surface area contributed by atoms with E-state index < -0.39 is 5.60 Å². The molecule has 2 aromatic carbocycles. The fraction of sp³-hybridized carbons (Fsp3) is 0.200. The lowest BCUT2D eigenvalue weighted by atomic mass is 9.82. The highest BCUT2D eigenvalue weighted by Crippen LogP contribution is 2.36. The van der Waals surface area contributed by atoms with Crippen LogP contribution in [-0.2, 0) is 11.3 Å². The smallest absolute Gasteiger partial charge is 0.122 e. The summed E-state index contributed by atoms with van der Waals surface area (Å²) in [6, 6.07) is 19.3. The zero-order valence-corrected chi connectivity index (χ0v) is 12.9. The number of aliphatic hydroxyl groups is 2. The predicted octanol–water partition coefficient (Wildman–Crippen LogP) is 3.86. The zero-order valence-electron chi connectivity index (χ0n) is 12.9. The van der Waals surface area contributed by atoms with Crippen molar-refractivity contribution >= 4 is 5.57 Å². The molecule has 1 aliphatic rings. The number of hydrogen-bond acceptors (Lipinski definition) is 3. The second-order valence-corrected chi connectivity index (χ2v) is 5.74. The summed E-state index contributed by atoms with van der Waals surface area (Å²) in [6.07, 6.45) is 3.82. The van der Waals surface area contributed by atoms with E-state index in [0.29, 0.717) is 18.6 Å². The van der Waals surface area contributed by atoms with Crippen LogP contribution in [0.4, 0.5) is 0 Å². The third kappa shape index (κ3) is 3.52. The molecule has 0 heterocycles. The molecule has 3 nitrogen and oxygen atoms in total. The first kappa shape index (κ1) is 15.5. The summed E-state index contributed by atoms with van der Waals surface area (Å²) in [5, 5.41) is 21.3. The van der Waals surface area contributed by atoms with Gasteiger partial charge in [0.05, 0.1) is 13.2 Å². The minimum Gasteiger partial charge on any atom is -0.508 e. The van der Waals surface area contributed by atoms with E-state index in [4.69, 9.17) is 4.74 Å². The number of benzene rings is 2. The molecule has 0 amide bonds. The standard InChI is InChI=1S/C20H20O3/c21-18-12-7-13-20(22,19(18)17-10-5-2-6-11-17)15-23-14-16-8-3-1-4-9-16/h1-12,21-22H,13-15H2. The third-order valence-electron chi connectivity index (χ3n) is 3.97. The fourth-order valence-corrected chi connectivity index (χ4v) is 2.85. The molecule has 0 radical (unpaired) electrons. The minimum atomic E-state index is -1.23. The molecule has 0 aromatic heterocycles. The van der Waals surface area contributed by atoms with Crippen molar-refractivity contribution in [3.05, 3.63) is 89.7 Å². The van der Waals surface area contributed by atoms with Crippen LogP contribution < -0.4 is 0 Å². The molecule has 0 saturated heterocycles. The second-order valence-electron chi connectivity index (χ2n) is 5.74. The monoisotopic (exact) mass is 308 g/mol. The molecular weight excluding hydrogens is 288 g/mol. The number of hydrogen-bond donors (Lipinski definition) is 2. The van der Waals surface area contributed by atoms with Gasteiger partial charge in [-0.25, -0.2) is 0 Å². The molecule has 3 heteroatoms. The van der Waals surface area contributed by atoms with Gasteiger partial charge >= 0.3 is 0 Å². The van der Waals surface area contributed by atoms with Gasteiger partial charge in [0.1, 0.15) is 11.4 Å². The Morgan fingerprint density at radius 1 is 0.957 bits per heavy atom. The maximum absolute atomic E-state index is 11.0. The largest absolute Gasteiger partial charge is 0.508 e. The van der Waals surface area contributed by atoms with E-state index in [0.717, 1.165) is 11.1 Å². The van der Waals surface area contributed by atoms with Crippen LogP contribution in [0.15, 0.2) is 78.6 Å². The van der Waals surface area contributed by atoms with Crippen molar-refractivity contribution in [1.82, 2.24) is 0 Å². The van der Waals surface area contributed by atoms with Gasteiger partial charge < -0.3 is 14.9 Å². The molecule has 118 valence electrons. The van der Waals surface area contributed by atoms with Crippen LogP contribution >= 0.6 is 0 Å². The summed E-state index contributed by atoms with van der Waals surface area (Å²) in [7, 11) is 0. The lowest BCUT2D eigenvalue weighted by Gasteiger charge is -2.32. The van der Waals surface area contributed by atoms with E-state index in [1.165, 1.54) is 0 Å². The Morgan fingerprint density at radius 2 is 1.61 bits per heavy atom. The van der Waals surface area contributed by atoms with Crippen molar-refractivity contribution in [1.29, 1.82) is 0 Å². The van der Waals surface area contributed by atoms with Crippen LogP contribution in [0, 0.1) is 0 Å². The molecule has 1 aliphatic carbocycles. The average Bonchev–Trinajstić information content (AvgIpc) is 2.56. The van der Waals surface area contributed by atoms with Crippen LogP contribution in [0.5, 0.6) is 0 Å². The highest BCUT2D eigenvalue weighted by molar-refractivity contribution is 5.76. The van der Waals surface area contributed by atoms with Crippen LogP contribution in [0.25, 0.3) is 5.57 Å². The van der Waals surface area contributed by atoms with Crippen molar-refractivity contribution in [3.63, 3.8) is 0 Å². The number of allylic oxidation sites excluding steroid dienone is 1. The Balaban J connectivity index is 1.77. The van der Waals surface area contributed by atoms with Crippen molar-refractivity contribution in [2.45, 2.75) is 18.6 Å². The van der Waals surface area contributed by atoms with E-state index in [1.54, 1.807) is 12.2 Å². The van der Waals surface area contributed by atoms with E-state index in [9.17, 15) is 10.2 Å².